The molecule has 80 valence electrons. The molecule has 0 aromatic heterocycles. The second-order valence-corrected chi connectivity index (χ2v) is 5.34. The Bertz CT molecular complexity index is 114. The topological polar surface area (TPSA) is 0 Å². The number of rotatable bonds is 5. The van der Waals surface area contributed by atoms with Crippen LogP contribution in [0.2, 0.25) is 0 Å². The first-order valence-corrected chi connectivity index (χ1v) is 5.97. The maximum Gasteiger partial charge on any atom is -0.0337 e. The van der Waals surface area contributed by atoms with Gasteiger partial charge in [-0.05, 0) is 23.7 Å². The molecule has 0 radical (unpaired) electrons. The Kier molecular flexibility index (Phi) is 5.67. The van der Waals surface area contributed by atoms with Gasteiger partial charge in [-0.1, -0.05) is 60.8 Å². The van der Waals surface area contributed by atoms with Crippen LogP contribution in [-0.4, -0.2) is 0 Å². The fourth-order valence-electron chi connectivity index (χ4n) is 2.54. The molecular formula is C13H28. The van der Waals surface area contributed by atoms with Gasteiger partial charge >= 0.3 is 0 Å². The van der Waals surface area contributed by atoms with Crippen LogP contribution in [0.3, 0.4) is 0 Å². The Morgan fingerprint density at radius 3 is 1.62 bits per heavy atom. The average molecular weight is 184 g/mol. The minimum atomic E-state index is 0.493. The Hall–Kier alpha value is 0. The molecule has 1 unspecified atom stereocenters. The van der Waals surface area contributed by atoms with Gasteiger partial charge in [-0.15, -0.1) is 0 Å². The molecule has 0 rings (SSSR count). The van der Waals surface area contributed by atoms with Crippen LogP contribution in [0.25, 0.3) is 0 Å². The predicted octanol–water partition coefficient (Wildman–Crippen LogP) is 4.89. The number of hydrogen-bond donors (Lipinski definition) is 0. The second-order valence-electron chi connectivity index (χ2n) is 5.34. The highest BCUT2D eigenvalue weighted by molar-refractivity contribution is 4.79. The summed E-state index contributed by atoms with van der Waals surface area (Å²) in [6.07, 6.45) is 5.42. The highest BCUT2D eigenvalue weighted by Gasteiger charge is 2.29. The van der Waals surface area contributed by atoms with E-state index in [1.54, 1.807) is 0 Å². The van der Waals surface area contributed by atoms with Gasteiger partial charge in [0.25, 0.3) is 0 Å². The zero-order valence-corrected chi connectivity index (χ0v) is 10.5. The first-order chi connectivity index (χ1) is 5.97. The van der Waals surface area contributed by atoms with Gasteiger partial charge in [0.15, 0.2) is 0 Å². The summed E-state index contributed by atoms with van der Waals surface area (Å²) in [6, 6.07) is 0. The molecule has 0 N–H and O–H groups in total. The Balaban J connectivity index is 4.38. The summed E-state index contributed by atoms with van der Waals surface area (Å²) < 4.78 is 0. The molecule has 0 heteroatoms. The van der Waals surface area contributed by atoms with E-state index in [-0.39, 0.29) is 0 Å². The summed E-state index contributed by atoms with van der Waals surface area (Å²) in [4.78, 5) is 0. The van der Waals surface area contributed by atoms with Crippen molar-refractivity contribution >= 4 is 0 Å². The lowest BCUT2D eigenvalue weighted by molar-refractivity contribution is 0.137. The minimum Gasteiger partial charge on any atom is -0.0654 e. The molecule has 0 saturated heterocycles. The van der Waals surface area contributed by atoms with Crippen LogP contribution in [0.5, 0.6) is 0 Å². The van der Waals surface area contributed by atoms with E-state index in [2.05, 4.69) is 41.5 Å². The van der Waals surface area contributed by atoms with Crippen LogP contribution in [-0.2, 0) is 0 Å². The predicted molar refractivity (Wildman–Crippen MR) is 61.9 cm³/mol. The monoisotopic (exact) mass is 184 g/mol. The lowest BCUT2D eigenvalue weighted by Gasteiger charge is -2.36. The molecule has 0 amide bonds. The van der Waals surface area contributed by atoms with Crippen LogP contribution in [0.4, 0.5) is 0 Å². The summed E-state index contributed by atoms with van der Waals surface area (Å²) >= 11 is 0. The molecule has 0 aromatic carbocycles. The van der Waals surface area contributed by atoms with Gasteiger partial charge in [-0.25, -0.2) is 0 Å². The third-order valence-electron chi connectivity index (χ3n) is 3.33. The average Bonchev–Trinajstić information content (AvgIpc) is 2.03. The fraction of sp³-hybridized carbons (Fsp3) is 1.00. The molecule has 0 fully saturated rings. The fourth-order valence-corrected chi connectivity index (χ4v) is 2.54. The summed E-state index contributed by atoms with van der Waals surface area (Å²) in [5.41, 5.74) is 0.493. The molecule has 0 heterocycles. The smallest absolute Gasteiger partial charge is 0.0337 e. The number of hydrogen-bond acceptors (Lipinski definition) is 0. The molecule has 13 heavy (non-hydrogen) atoms. The van der Waals surface area contributed by atoms with E-state index in [4.69, 9.17) is 0 Å². The molecular weight excluding hydrogens is 156 g/mol. The van der Waals surface area contributed by atoms with E-state index in [1.807, 2.05) is 0 Å². The van der Waals surface area contributed by atoms with Crippen LogP contribution in [0.1, 0.15) is 67.2 Å². The van der Waals surface area contributed by atoms with Crippen molar-refractivity contribution in [3.8, 4) is 0 Å². The minimum absolute atomic E-state index is 0.493. The quantitative estimate of drug-likeness (QED) is 0.571. The largest absolute Gasteiger partial charge is 0.0654 e. The van der Waals surface area contributed by atoms with Gasteiger partial charge in [-0.3, -0.25) is 0 Å². The molecule has 0 aliphatic carbocycles. The van der Waals surface area contributed by atoms with E-state index < -0.39 is 0 Å². The molecule has 0 aromatic rings. The van der Waals surface area contributed by atoms with Crippen molar-refractivity contribution in [2.75, 3.05) is 0 Å². The van der Waals surface area contributed by atoms with Crippen molar-refractivity contribution in [2.24, 2.45) is 17.3 Å². The molecule has 0 aliphatic rings. The Morgan fingerprint density at radius 1 is 0.923 bits per heavy atom. The van der Waals surface area contributed by atoms with Gasteiger partial charge in [-0.2, -0.15) is 0 Å². The lowest BCUT2D eigenvalue weighted by Crippen LogP contribution is -2.27. The van der Waals surface area contributed by atoms with Crippen LogP contribution >= 0.6 is 0 Å². The van der Waals surface area contributed by atoms with Crippen molar-refractivity contribution in [2.45, 2.75) is 67.2 Å². The van der Waals surface area contributed by atoms with E-state index in [1.165, 1.54) is 25.7 Å². The molecule has 0 nitrogen and oxygen atoms in total. The van der Waals surface area contributed by atoms with E-state index in [0.717, 1.165) is 11.8 Å². The van der Waals surface area contributed by atoms with E-state index >= 15 is 0 Å². The Labute approximate surface area is 85.1 Å². The molecule has 0 saturated carbocycles. The first kappa shape index (κ1) is 13.0. The standard InChI is InChI=1S/C13H28/c1-7-10-12(13(4,5)6)11(8-2)9-3/h11-12H,7-10H2,1-6H3. The van der Waals surface area contributed by atoms with Crippen LogP contribution in [0, 0.1) is 17.3 Å². The zero-order valence-electron chi connectivity index (χ0n) is 10.5. The lowest BCUT2D eigenvalue weighted by atomic mass is 9.69. The second kappa shape index (κ2) is 5.67. The van der Waals surface area contributed by atoms with Crippen molar-refractivity contribution in [1.82, 2.24) is 0 Å². The van der Waals surface area contributed by atoms with Gasteiger partial charge < -0.3 is 0 Å². The van der Waals surface area contributed by atoms with Crippen LogP contribution < -0.4 is 0 Å². The molecule has 1 atom stereocenters. The molecule has 0 spiro atoms. The molecule has 0 bridgehead atoms. The maximum atomic E-state index is 2.39. The van der Waals surface area contributed by atoms with Gasteiger partial charge in [0.1, 0.15) is 0 Å². The zero-order chi connectivity index (χ0) is 10.5. The normalized spacial score (nSPS) is 15.0. The maximum absolute atomic E-state index is 2.39. The van der Waals surface area contributed by atoms with Crippen molar-refractivity contribution in [3.05, 3.63) is 0 Å². The van der Waals surface area contributed by atoms with Crippen molar-refractivity contribution < 1.29 is 0 Å². The highest BCUT2D eigenvalue weighted by atomic mass is 14.3. The van der Waals surface area contributed by atoms with Gasteiger partial charge in [0.05, 0.1) is 0 Å². The third-order valence-corrected chi connectivity index (χ3v) is 3.33. The van der Waals surface area contributed by atoms with Crippen molar-refractivity contribution in [1.29, 1.82) is 0 Å². The SMILES string of the molecule is CCCC(C(CC)CC)C(C)(C)C. The van der Waals surface area contributed by atoms with Crippen molar-refractivity contribution in [3.63, 3.8) is 0 Å². The third kappa shape index (κ3) is 4.15. The van der Waals surface area contributed by atoms with E-state index in [9.17, 15) is 0 Å². The van der Waals surface area contributed by atoms with Crippen LogP contribution in [0.15, 0.2) is 0 Å². The summed E-state index contributed by atoms with van der Waals surface area (Å²) in [6.45, 7) is 14.2. The summed E-state index contributed by atoms with van der Waals surface area (Å²) in [5.74, 6) is 1.84. The molecule has 0 aliphatic heterocycles. The Morgan fingerprint density at radius 2 is 1.38 bits per heavy atom. The summed E-state index contributed by atoms with van der Waals surface area (Å²) in [5, 5.41) is 0. The van der Waals surface area contributed by atoms with Gasteiger partial charge in [0.2, 0.25) is 0 Å². The highest BCUT2D eigenvalue weighted by Crippen LogP contribution is 2.38. The van der Waals surface area contributed by atoms with Gasteiger partial charge in [0, 0.05) is 0 Å². The first-order valence-electron chi connectivity index (χ1n) is 5.97. The van der Waals surface area contributed by atoms with E-state index in [0.29, 0.717) is 5.41 Å². The summed E-state index contributed by atoms with van der Waals surface area (Å²) in [7, 11) is 0.